The van der Waals surface area contributed by atoms with Crippen molar-refractivity contribution >= 4 is 27.4 Å². The van der Waals surface area contributed by atoms with Gasteiger partial charge in [-0.1, -0.05) is 26.0 Å². The molecule has 7 nitrogen and oxygen atoms in total. The number of para-hydroxylation sites is 2. The molecule has 0 unspecified atom stereocenters. The molecule has 0 saturated heterocycles. The van der Waals surface area contributed by atoms with Gasteiger partial charge in [0.05, 0.1) is 17.2 Å². The Balaban J connectivity index is 2.08. The Morgan fingerprint density at radius 1 is 1.07 bits per heavy atom. The van der Waals surface area contributed by atoms with Gasteiger partial charge in [0.15, 0.2) is 0 Å². The first-order valence-electron chi connectivity index (χ1n) is 8.71. The number of carbonyl (C=O) groups excluding carboxylic acids is 1. The highest BCUT2D eigenvalue weighted by Crippen LogP contribution is 2.26. The molecule has 0 aliphatic carbocycles. The van der Waals surface area contributed by atoms with Gasteiger partial charge in [-0.25, -0.2) is 13.2 Å². The number of hydrogen-bond donors (Lipinski definition) is 3. The maximum atomic E-state index is 12.6. The van der Waals surface area contributed by atoms with Gasteiger partial charge in [0.1, 0.15) is 5.75 Å². The van der Waals surface area contributed by atoms with Crippen molar-refractivity contribution in [3.05, 3.63) is 48.5 Å². The molecule has 0 aliphatic rings. The molecule has 0 spiro atoms. The molecule has 0 heterocycles. The van der Waals surface area contributed by atoms with E-state index in [0.29, 0.717) is 36.2 Å². The zero-order valence-corrected chi connectivity index (χ0v) is 16.5. The fourth-order valence-corrected chi connectivity index (χ4v) is 3.30. The first-order valence-corrected chi connectivity index (χ1v) is 10.2. The van der Waals surface area contributed by atoms with Crippen LogP contribution in [0.1, 0.15) is 20.8 Å². The third-order valence-corrected chi connectivity index (χ3v) is 4.91. The minimum absolute atomic E-state index is 0.0851. The summed E-state index contributed by atoms with van der Waals surface area (Å²) in [5.74, 6) is 0.803. The Kier molecular flexibility index (Phi) is 7.06. The standard InChI is InChI=1S/C19H25N3O4S/c1-4-26-18-8-6-5-7-17(18)22-27(24,25)16-11-9-15(10-12-16)21-19(23)20-13-14(2)3/h5-12,14,22H,4,13H2,1-3H3,(H2,20,21,23). The second-order valence-corrected chi connectivity index (χ2v) is 7.97. The van der Waals surface area contributed by atoms with Crippen molar-refractivity contribution < 1.29 is 17.9 Å². The Hall–Kier alpha value is -2.74. The second kappa shape index (κ2) is 9.27. The topological polar surface area (TPSA) is 96.5 Å². The Bertz CT molecular complexity index is 865. The normalized spacial score (nSPS) is 11.1. The van der Waals surface area contributed by atoms with E-state index in [1.165, 1.54) is 24.3 Å². The summed E-state index contributed by atoms with van der Waals surface area (Å²) >= 11 is 0. The molecule has 3 N–H and O–H groups in total. The number of carbonyl (C=O) groups is 1. The molecule has 2 rings (SSSR count). The lowest BCUT2D eigenvalue weighted by Crippen LogP contribution is -2.31. The molecule has 2 aromatic carbocycles. The third kappa shape index (κ3) is 6.18. The SMILES string of the molecule is CCOc1ccccc1NS(=O)(=O)c1ccc(NC(=O)NCC(C)C)cc1. The van der Waals surface area contributed by atoms with E-state index in [2.05, 4.69) is 15.4 Å². The van der Waals surface area contributed by atoms with Crippen molar-refractivity contribution in [3.63, 3.8) is 0 Å². The first-order chi connectivity index (χ1) is 12.8. The van der Waals surface area contributed by atoms with Gasteiger partial charge in [0.2, 0.25) is 0 Å². The highest BCUT2D eigenvalue weighted by atomic mass is 32.2. The average Bonchev–Trinajstić information content (AvgIpc) is 2.62. The molecule has 0 aromatic heterocycles. The number of rotatable bonds is 8. The van der Waals surface area contributed by atoms with Gasteiger partial charge in [0.25, 0.3) is 10.0 Å². The van der Waals surface area contributed by atoms with Crippen LogP contribution in [0.3, 0.4) is 0 Å². The molecule has 0 saturated carbocycles. The van der Waals surface area contributed by atoms with Crippen molar-refractivity contribution in [1.82, 2.24) is 5.32 Å². The highest BCUT2D eigenvalue weighted by Gasteiger charge is 2.16. The van der Waals surface area contributed by atoms with E-state index in [9.17, 15) is 13.2 Å². The van der Waals surface area contributed by atoms with Gasteiger partial charge in [-0.15, -0.1) is 0 Å². The Morgan fingerprint density at radius 3 is 2.37 bits per heavy atom. The lowest BCUT2D eigenvalue weighted by atomic mass is 10.2. The summed E-state index contributed by atoms with van der Waals surface area (Å²) in [6, 6.07) is 12.4. The molecular weight excluding hydrogens is 366 g/mol. The molecule has 0 bridgehead atoms. The summed E-state index contributed by atoms with van der Waals surface area (Å²) in [6.45, 7) is 6.81. The van der Waals surface area contributed by atoms with Crippen molar-refractivity contribution in [2.45, 2.75) is 25.7 Å². The quantitative estimate of drug-likeness (QED) is 0.640. The number of nitrogens with one attached hydrogen (secondary N) is 3. The zero-order valence-electron chi connectivity index (χ0n) is 15.7. The van der Waals surface area contributed by atoms with E-state index < -0.39 is 10.0 Å². The summed E-state index contributed by atoms with van der Waals surface area (Å²) in [4.78, 5) is 11.9. The van der Waals surface area contributed by atoms with E-state index >= 15 is 0 Å². The van der Waals surface area contributed by atoms with Crippen LogP contribution in [0, 0.1) is 5.92 Å². The number of anilines is 2. The summed E-state index contributed by atoms with van der Waals surface area (Å²) in [7, 11) is -3.78. The molecule has 8 heteroatoms. The summed E-state index contributed by atoms with van der Waals surface area (Å²) in [5.41, 5.74) is 0.875. The number of ether oxygens (including phenoxy) is 1. The molecule has 0 aliphatic heterocycles. The summed E-state index contributed by atoms with van der Waals surface area (Å²) in [5, 5.41) is 5.40. The molecule has 0 fully saturated rings. The van der Waals surface area contributed by atoms with Crippen LogP contribution >= 0.6 is 0 Å². The minimum atomic E-state index is -3.78. The van der Waals surface area contributed by atoms with Gasteiger partial charge < -0.3 is 15.4 Å². The van der Waals surface area contributed by atoms with E-state index in [4.69, 9.17) is 4.74 Å². The number of hydrogen-bond acceptors (Lipinski definition) is 4. The Labute approximate surface area is 160 Å². The maximum Gasteiger partial charge on any atom is 0.319 e. The van der Waals surface area contributed by atoms with Crippen LogP contribution in [0.4, 0.5) is 16.2 Å². The largest absolute Gasteiger partial charge is 0.492 e. The van der Waals surface area contributed by atoms with Crippen LogP contribution in [-0.2, 0) is 10.0 Å². The summed E-state index contributed by atoms with van der Waals surface area (Å²) in [6.07, 6.45) is 0. The van der Waals surface area contributed by atoms with Crippen LogP contribution in [-0.4, -0.2) is 27.6 Å². The smallest absolute Gasteiger partial charge is 0.319 e. The molecule has 146 valence electrons. The lowest BCUT2D eigenvalue weighted by molar-refractivity contribution is 0.251. The fraction of sp³-hybridized carbons (Fsp3) is 0.316. The average molecular weight is 391 g/mol. The maximum absolute atomic E-state index is 12.6. The van der Waals surface area contributed by atoms with Crippen LogP contribution in [0.25, 0.3) is 0 Å². The van der Waals surface area contributed by atoms with Crippen molar-refractivity contribution in [1.29, 1.82) is 0 Å². The van der Waals surface area contributed by atoms with Crippen LogP contribution in [0.15, 0.2) is 53.4 Å². The Morgan fingerprint density at radius 2 is 1.74 bits per heavy atom. The summed E-state index contributed by atoms with van der Waals surface area (Å²) < 4.78 is 33.2. The molecular formula is C19H25N3O4S. The van der Waals surface area contributed by atoms with Crippen LogP contribution in [0.2, 0.25) is 0 Å². The van der Waals surface area contributed by atoms with Crippen molar-refractivity contribution in [3.8, 4) is 5.75 Å². The molecule has 2 aromatic rings. The van der Waals surface area contributed by atoms with E-state index in [1.807, 2.05) is 20.8 Å². The number of benzene rings is 2. The lowest BCUT2D eigenvalue weighted by Gasteiger charge is -2.13. The number of sulfonamides is 1. The second-order valence-electron chi connectivity index (χ2n) is 6.29. The fourth-order valence-electron chi connectivity index (χ4n) is 2.23. The van der Waals surface area contributed by atoms with E-state index in [0.717, 1.165) is 0 Å². The predicted octanol–water partition coefficient (Wildman–Crippen LogP) is 3.66. The zero-order chi connectivity index (χ0) is 19.9. The van der Waals surface area contributed by atoms with Crippen LogP contribution in [0.5, 0.6) is 5.75 Å². The minimum Gasteiger partial charge on any atom is -0.492 e. The molecule has 27 heavy (non-hydrogen) atoms. The molecule has 0 atom stereocenters. The molecule has 2 amide bonds. The van der Waals surface area contributed by atoms with Gasteiger partial charge in [-0.05, 0) is 49.2 Å². The predicted molar refractivity (Wildman–Crippen MR) is 107 cm³/mol. The highest BCUT2D eigenvalue weighted by molar-refractivity contribution is 7.92. The van der Waals surface area contributed by atoms with E-state index in [1.54, 1.807) is 24.3 Å². The number of amides is 2. The van der Waals surface area contributed by atoms with Crippen LogP contribution < -0.4 is 20.1 Å². The third-order valence-electron chi connectivity index (χ3n) is 3.52. The monoisotopic (exact) mass is 391 g/mol. The van der Waals surface area contributed by atoms with Crippen molar-refractivity contribution in [2.24, 2.45) is 5.92 Å². The van der Waals surface area contributed by atoms with Gasteiger partial charge >= 0.3 is 6.03 Å². The molecule has 0 radical (unpaired) electrons. The van der Waals surface area contributed by atoms with Crippen molar-refractivity contribution in [2.75, 3.05) is 23.2 Å². The van der Waals surface area contributed by atoms with Gasteiger partial charge in [-0.3, -0.25) is 4.72 Å². The first kappa shape index (κ1) is 20.6. The van der Waals surface area contributed by atoms with E-state index in [-0.39, 0.29) is 10.9 Å². The van der Waals surface area contributed by atoms with Gasteiger partial charge in [0, 0.05) is 12.2 Å². The number of urea groups is 1. The van der Waals surface area contributed by atoms with Gasteiger partial charge in [-0.2, -0.15) is 0 Å².